The van der Waals surface area contributed by atoms with Gasteiger partial charge in [-0.1, -0.05) is 18.2 Å². The molecule has 0 saturated carbocycles. The van der Waals surface area contributed by atoms with Gasteiger partial charge in [-0.25, -0.2) is 4.79 Å². The molecule has 0 N–H and O–H groups in total. The molecule has 1 aliphatic heterocycles. The van der Waals surface area contributed by atoms with E-state index < -0.39 is 12.1 Å². The third-order valence-corrected chi connectivity index (χ3v) is 4.69. The predicted octanol–water partition coefficient (Wildman–Crippen LogP) is 2.85. The van der Waals surface area contributed by atoms with E-state index >= 15 is 0 Å². The molecule has 1 atom stereocenters. The smallest absolute Gasteiger partial charge is 0.339 e. The van der Waals surface area contributed by atoms with Crippen LogP contribution in [0.15, 0.2) is 36.4 Å². The van der Waals surface area contributed by atoms with Gasteiger partial charge in [0.15, 0.2) is 17.6 Å². The van der Waals surface area contributed by atoms with Crippen LogP contribution in [0.3, 0.4) is 0 Å². The van der Waals surface area contributed by atoms with Gasteiger partial charge in [0.25, 0.3) is 5.91 Å². The van der Waals surface area contributed by atoms with E-state index in [0.29, 0.717) is 23.8 Å². The number of para-hydroxylation sites is 1. The normalized spacial score (nSPS) is 13.5. The topological polar surface area (TPSA) is 74.3 Å². The number of methoxy groups -OCH3 is 3. The Hall–Kier alpha value is -3.22. The molecule has 1 amide bonds. The maximum atomic E-state index is 12.8. The van der Waals surface area contributed by atoms with E-state index in [2.05, 4.69) is 0 Å². The highest BCUT2D eigenvalue weighted by Gasteiger charge is 2.30. The molecule has 0 spiro atoms. The summed E-state index contributed by atoms with van der Waals surface area (Å²) in [5.41, 5.74) is 2.18. The van der Waals surface area contributed by atoms with Crippen molar-refractivity contribution in [3.05, 3.63) is 47.5 Å². The van der Waals surface area contributed by atoms with Crippen LogP contribution in [0.2, 0.25) is 0 Å². The van der Waals surface area contributed by atoms with E-state index in [1.807, 2.05) is 24.3 Å². The van der Waals surface area contributed by atoms with Crippen LogP contribution in [0.5, 0.6) is 17.2 Å². The largest absolute Gasteiger partial charge is 0.493 e. The number of carbonyl (C=O) groups excluding carboxylic acids is 2. The maximum absolute atomic E-state index is 12.8. The van der Waals surface area contributed by atoms with Crippen LogP contribution in [0.1, 0.15) is 22.8 Å². The Balaban J connectivity index is 1.77. The number of fused-ring (bicyclic) bond motifs is 1. The molecule has 0 radical (unpaired) electrons. The van der Waals surface area contributed by atoms with E-state index in [4.69, 9.17) is 18.9 Å². The van der Waals surface area contributed by atoms with Crippen molar-refractivity contribution in [2.45, 2.75) is 19.4 Å². The predicted molar refractivity (Wildman–Crippen MR) is 103 cm³/mol. The monoisotopic (exact) mass is 385 g/mol. The number of benzene rings is 2. The summed E-state index contributed by atoms with van der Waals surface area (Å²) in [5, 5.41) is 0. The van der Waals surface area contributed by atoms with E-state index in [0.717, 1.165) is 17.7 Å². The van der Waals surface area contributed by atoms with Crippen LogP contribution < -0.4 is 19.1 Å². The zero-order valence-corrected chi connectivity index (χ0v) is 16.4. The van der Waals surface area contributed by atoms with Crippen molar-refractivity contribution < 1.29 is 28.5 Å². The molecule has 2 aromatic rings. The highest BCUT2D eigenvalue weighted by Crippen LogP contribution is 2.38. The Morgan fingerprint density at radius 1 is 1.00 bits per heavy atom. The summed E-state index contributed by atoms with van der Waals surface area (Å²) < 4.78 is 21.2. The molecular weight excluding hydrogens is 362 g/mol. The fraction of sp³-hybridized carbons (Fsp3) is 0.333. The number of carbonyl (C=O) groups is 2. The summed E-state index contributed by atoms with van der Waals surface area (Å²) >= 11 is 0. The lowest BCUT2D eigenvalue weighted by atomic mass is 10.1. The molecule has 2 aromatic carbocycles. The summed E-state index contributed by atoms with van der Waals surface area (Å²) in [6.07, 6.45) is -0.145. The Kier molecular flexibility index (Phi) is 5.73. The first-order valence-corrected chi connectivity index (χ1v) is 8.90. The second kappa shape index (κ2) is 8.21. The second-order valence-electron chi connectivity index (χ2n) is 6.33. The molecular formula is C21H23NO6. The minimum atomic E-state index is -0.933. The number of amides is 1. The fourth-order valence-electron chi connectivity index (χ4n) is 3.26. The number of nitrogens with zero attached hydrogens (tertiary/aromatic N) is 1. The molecule has 0 fully saturated rings. The van der Waals surface area contributed by atoms with Crippen molar-refractivity contribution >= 4 is 17.6 Å². The first-order chi connectivity index (χ1) is 13.5. The lowest BCUT2D eigenvalue weighted by Gasteiger charge is -2.22. The van der Waals surface area contributed by atoms with E-state index in [-0.39, 0.29) is 11.5 Å². The molecule has 0 unspecified atom stereocenters. The minimum absolute atomic E-state index is 0.205. The third-order valence-electron chi connectivity index (χ3n) is 4.69. The average molecular weight is 385 g/mol. The molecule has 0 aliphatic carbocycles. The van der Waals surface area contributed by atoms with Crippen LogP contribution in [-0.2, 0) is 16.0 Å². The number of ether oxygens (including phenoxy) is 4. The summed E-state index contributed by atoms with van der Waals surface area (Å²) in [6, 6.07) is 10.7. The zero-order chi connectivity index (χ0) is 20.3. The Bertz CT molecular complexity index is 869. The highest BCUT2D eigenvalue weighted by atomic mass is 16.6. The molecule has 3 rings (SSSR count). The summed E-state index contributed by atoms with van der Waals surface area (Å²) in [5.74, 6) is 0.139. The molecule has 0 saturated heterocycles. The lowest BCUT2D eigenvalue weighted by molar-refractivity contribution is -0.126. The molecule has 1 aliphatic rings. The molecule has 7 nitrogen and oxygen atoms in total. The SMILES string of the molecule is COc1cc(C(=O)O[C@H](C)C(=O)N2CCc3ccccc32)cc(OC)c1OC. The van der Waals surface area contributed by atoms with E-state index in [1.165, 1.54) is 33.5 Å². The number of hydrogen-bond donors (Lipinski definition) is 0. The minimum Gasteiger partial charge on any atom is -0.493 e. The highest BCUT2D eigenvalue weighted by molar-refractivity contribution is 6.00. The standard InChI is InChI=1S/C21H23NO6/c1-13(20(23)22-10-9-14-7-5-6-8-16(14)22)28-21(24)15-11-17(25-2)19(27-4)18(12-15)26-3/h5-8,11-13H,9-10H2,1-4H3/t13-/m1/s1. The van der Waals surface area contributed by atoms with Gasteiger partial charge in [0.1, 0.15) is 0 Å². The van der Waals surface area contributed by atoms with Crippen molar-refractivity contribution in [3.8, 4) is 17.2 Å². The summed E-state index contributed by atoms with van der Waals surface area (Å²) in [4.78, 5) is 27.1. The van der Waals surface area contributed by atoms with Crippen molar-refractivity contribution in [2.75, 3.05) is 32.8 Å². The van der Waals surface area contributed by atoms with Gasteiger partial charge in [-0.3, -0.25) is 4.79 Å². The van der Waals surface area contributed by atoms with Crippen molar-refractivity contribution in [3.63, 3.8) is 0 Å². The van der Waals surface area contributed by atoms with Gasteiger partial charge in [-0.2, -0.15) is 0 Å². The molecule has 0 bridgehead atoms. The van der Waals surface area contributed by atoms with Gasteiger partial charge < -0.3 is 23.8 Å². The number of esters is 1. The third kappa shape index (κ3) is 3.60. The van der Waals surface area contributed by atoms with Gasteiger partial charge in [-0.15, -0.1) is 0 Å². The lowest BCUT2D eigenvalue weighted by Crippen LogP contribution is -2.39. The van der Waals surface area contributed by atoms with Crippen LogP contribution in [0, 0.1) is 0 Å². The number of rotatable bonds is 6. The fourth-order valence-corrected chi connectivity index (χ4v) is 3.26. The Morgan fingerprint density at radius 2 is 1.64 bits per heavy atom. The van der Waals surface area contributed by atoms with E-state index in [1.54, 1.807) is 11.8 Å². The van der Waals surface area contributed by atoms with Crippen LogP contribution >= 0.6 is 0 Å². The molecule has 28 heavy (non-hydrogen) atoms. The second-order valence-corrected chi connectivity index (χ2v) is 6.33. The van der Waals surface area contributed by atoms with Gasteiger partial charge in [0, 0.05) is 12.2 Å². The quantitative estimate of drug-likeness (QED) is 0.712. The van der Waals surface area contributed by atoms with Crippen molar-refractivity contribution in [2.24, 2.45) is 0 Å². The molecule has 7 heteroatoms. The van der Waals surface area contributed by atoms with Crippen LogP contribution in [0.4, 0.5) is 5.69 Å². The first-order valence-electron chi connectivity index (χ1n) is 8.90. The summed E-state index contributed by atoms with van der Waals surface area (Å²) in [6.45, 7) is 2.14. The molecule has 148 valence electrons. The van der Waals surface area contributed by atoms with Gasteiger partial charge in [-0.05, 0) is 37.1 Å². The van der Waals surface area contributed by atoms with Crippen molar-refractivity contribution in [1.29, 1.82) is 0 Å². The van der Waals surface area contributed by atoms with Crippen LogP contribution in [0.25, 0.3) is 0 Å². The van der Waals surface area contributed by atoms with Crippen molar-refractivity contribution in [1.82, 2.24) is 0 Å². The van der Waals surface area contributed by atoms with Gasteiger partial charge in [0.05, 0.1) is 26.9 Å². The van der Waals surface area contributed by atoms with Gasteiger partial charge >= 0.3 is 5.97 Å². The number of anilines is 1. The average Bonchev–Trinajstić information content (AvgIpc) is 3.15. The summed E-state index contributed by atoms with van der Waals surface area (Å²) in [7, 11) is 4.40. The van der Waals surface area contributed by atoms with Gasteiger partial charge in [0.2, 0.25) is 5.75 Å². The zero-order valence-electron chi connectivity index (χ0n) is 16.4. The molecule has 1 heterocycles. The molecule has 0 aromatic heterocycles. The Morgan fingerprint density at radius 3 is 2.25 bits per heavy atom. The van der Waals surface area contributed by atoms with Crippen LogP contribution in [-0.4, -0.2) is 45.9 Å². The maximum Gasteiger partial charge on any atom is 0.339 e. The van der Waals surface area contributed by atoms with E-state index in [9.17, 15) is 9.59 Å². The Labute approximate surface area is 163 Å². The number of hydrogen-bond acceptors (Lipinski definition) is 6. The first kappa shape index (κ1) is 19.5.